The SMILES string of the molecule is COc1cc(C(=O)/C(=C/c2c[nH]c3ccccc23)OC(C)C)cc(OC)c1OC. The molecule has 0 spiro atoms. The van der Waals surface area contributed by atoms with Crippen LogP contribution in [-0.2, 0) is 4.74 Å². The van der Waals surface area contributed by atoms with Crippen LogP contribution in [0.15, 0.2) is 48.4 Å². The second-order valence-corrected chi connectivity index (χ2v) is 6.71. The highest BCUT2D eigenvalue weighted by Crippen LogP contribution is 2.39. The number of rotatable bonds is 8. The number of carbonyl (C=O) groups excluding carboxylic acids is 1. The smallest absolute Gasteiger partial charge is 0.227 e. The molecule has 0 unspecified atom stereocenters. The van der Waals surface area contributed by atoms with Gasteiger partial charge >= 0.3 is 0 Å². The first-order valence-electron chi connectivity index (χ1n) is 9.27. The van der Waals surface area contributed by atoms with Gasteiger partial charge in [0, 0.05) is 28.2 Å². The third-order valence-corrected chi connectivity index (χ3v) is 4.42. The van der Waals surface area contributed by atoms with Gasteiger partial charge in [0.2, 0.25) is 11.5 Å². The molecule has 3 rings (SSSR count). The van der Waals surface area contributed by atoms with Crippen LogP contribution in [0.5, 0.6) is 17.2 Å². The van der Waals surface area contributed by atoms with Crippen LogP contribution in [-0.4, -0.2) is 38.2 Å². The highest BCUT2D eigenvalue weighted by molar-refractivity contribution is 6.11. The van der Waals surface area contributed by atoms with Crippen LogP contribution in [0.1, 0.15) is 29.8 Å². The number of nitrogens with one attached hydrogen (secondary N) is 1. The Bertz CT molecular complexity index is 1020. The predicted molar refractivity (Wildman–Crippen MR) is 113 cm³/mol. The first kappa shape index (κ1) is 20.3. The van der Waals surface area contributed by atoms with Crippen molar-refractivity contribution in [2.24, 2.45) is 0 Å². The van der Waals surface area contributed by atoms with Crippen LogP contribution in [0.2, 0.25) is 0 Å². The minimum absolute atomic E-state index is 0.169. The number of hydrogen-bond donors (Lipinski definition) is 1. The number of H-pyrrole nitrogens is 1. The summed E-state index contributed by atoms with van der Waals surface area (Å²) in [6.45, 7) is 3.76. The Morgan fingerprint density at radius 1 is 1.00 bits per heavy atom. The van der Waals surface area contributed by atoms with Gasteiger partial charge in [-0.05, 0) is 38.1 Å². The molecule has 0 aliphatic heterocycles. The molecule has 0 bridgehead atoms. The van der Waals surface area contributed by atoms with E-state index in [1.54, 1.807) is 18.2 Å². The maximum Gasteiger partial charge on any atom is 0.227 e. The summed E-state index contributed by atoms with van der Waals surface area (Å²) in [7, 11) is 4.55. The van der Waals surface area contributed by atoms with Gasteiger partial charge in [-0.15, -0.1) is 0 Å². The molecule has 1 N–H and O–H groups in total. The molecule has 2 aromatic carbocycles. The van der Waals surface area contributed by atoms with E-state index in [1.807, 2.05) is 44.3 Å². The quantitative estimate of drug-likeness (QED) is 0.336. The largest absolute Gasteiger partial charge is 0.493 e. The molecule has 152 valence electrons. The lowest BCUT2D eigenvalue weighted by atomic mass is 10.1. The molecule has 3 aromatic rings. The van der Waals surface area contributed by atoms with Crippen LogP contribution < -0.4 is 14.2 Å². The number of aromatic amines is 1. The van der Waals surface area contributed by atoms with Crippen molar-refractivity contribution in [2.45, 2.75) is 20.0 Å². The van der Waals surface area contributed by atoms with Gasteiger partial charge in [0.05, 0.1) is 27.4 Å². The van der Waals surface area contributed by atoms with Crippen molar-refractivity contribution in [2.75, 3.05) is 21.3 Å². The predicted octanol–water partition coefficient (Wildman–Crippen LogP) is 4.84. The Kier molecular flexibility index (Phi) is 6.12. The van der Waals surface area contributed by atoms with Gasteiger partial charge in [0.15, 0.2) is 17.3 Å². The van der Waals surface area contributed by atoms with Gasteiger partial charge in [-0.3, -0.25) is 4.79 Å². The number of fused-ring (bicyclic) bond motifs is 1. The van der Waals surface area contributed by atoms with Gasteiger partial charge in [-0.25, -0.2) is 0 Å². The van der Waals surface area contributed by atoms with Crippen molar-refractivity contribution >= 4 is 22.8 Å². The van der Waals surface area contributed by atoms with E-state index in [1.165, 1.54) is 21.3 Å². The van der Waals surface area contributed by atoms with E-state index in [9.17, 15) is 4.79 Å². The van der Waals surface area contributed by atoms with E-state index >= 15 is 0 Å². The lowest BCUT2D eigenvalue weighted by molar-refractivity contribution is 0.0848. The molecule has 1 aromatic heterocycles. The van der Waals surface area contributed by atoms with E-state index < -0.39 is 0 Å². The molecule has 6 nitrogen and oxygen atoms in total. The summed E-state index contributed by atoms with van der Waals surface area (Å²) in [5.74, 6) is 1.21. The second kappa shape index (κ2) is 8.73. The fourth-order valence-corrected chi connectivity index (χ4v) is 3.12. The van der Waals surface area contributed by atoms with Crippen molar-refractivity contribution in [1.82, 2.24) is 4.98 Å². The molecular formula is C23H25NO5. The lowest BCUT2D eigenvalue weighted by Gasteiger charge is -2.16. The summed E-state index contributed by atoms with van der Waals surface area (Å²) in [6.07, 6.45) is 3.44. The first-order chi connectivity index (χ1) is 14.0. The number of allylic oxidation sites excluding steroid dienone is 1. The summed E-state index contributed by atoms with van der Waals surface area (Å²) in [4.78, 5) is 16.5. The molecule has 0 aliphatic rings. The molecule has 0 fully saturated rings. The first-order valence-corrected chi connectivity index (χ1v) is 9.27. The van der Waals surface area contributed by atoms with E-state index in [0.717, 1.165) is 16.5 Å². The van der Waals surface area contributed by atoms with E-state index in [4.69, 9.17) is 18.9 Å². The third-order valence-electron chi connectivity index (χ3n) is 4.42. The zero-order chi connectivity index (χ0) is 21.0. The lowest BCUT2D eigenvalue weighted by Crippen LogP contribution is -2.12. The number of aromatic nitrogens is 1. The van der Waals surface area contributed by atoms with Crippen LogP contribution >= 0.6 is 0 Å². The van der Waals surface area contributed by atoms with E-state index in [0.29, 0.717) is 22.8 Å². The van der Waals surface area contributed by atoms with Crippen LogP contribution in [0.3, 0.4) is 0 Å². The molecule has 0 atom stereocenters. The Morgan fingerprint density at radius 2 is 1.66 bits per heavy atom. The zero-order valence-electron chi connectivity index (χ0n) is 17.2. The maximum atomic E-state index is 13.3. The molecule has 0 amide bonds. The fourth-order valence-electron chi connectivity index (χ4n) is 3.12. The Labute approximate surface area is 170 Å². The van der Waals surface area contributed by atoms with E-state index in [-0.39, 0.29) is 17.6 Å². The normalized spacial score (nSPS) is 11.6. The minimum Gasteiger partial charge on any atom is -0.493 e. The highest BCUT2D eigenvalue weighted by atomic mass is 16.5. The summed E-state index contributed by atoms with van der Waals surface area (Å²) < 4.78 is 22.0. The van der Waals surface area contributed by atoms with Gasteiger partial charge in [0.25, 0.3) is 0 Å². The topological polar surface area (TPSA) is 69.8 Å². The van der Waals surface area contributed by atoms with Crippen LogP contribution in [0.4, 0.5) is 0 Å². The number of para-hydroxylation sites is 1. The van der Waals surface area contributed by atoms with Gasteiger partial charge in [-0.1, -0.05) is 18.2 Å². The summed E-state index contributed by atoms with van der Waals surface area (Å²) in [6, 6.07) is 11.1. The zero-order valence-corrected chi connectivity index (χ0v) is 17.2. The van der Waals surface area contributed by atoms with Crippen molar-refractivity contribution < 1.29 is 23.7 Å². The number of carbonyl (C=O) groups is 1. The highest BCUT2D eigenvalue weighted by Gasteiger charge is 2.21. The van der Waals surface area contributed by atoms with Crippen molar-refractivity contribution in [3.63, 3.8) is 0 Å². The monoisotopic (exact) mass is 395 g/mol. The molecule has 0 radical (unpaired) electrons. The number of ketones is 1. The maximum absolute atomic E-state index is 13.3. The minimum atomic E-state index is -0.275. The molecule has 0 saturated heterocycles. The summed E-state index contributed by atoms with van der Waals surface area (Å²) in [5.41, 5.74) is 2.24. The Morgan fingerprint density at radius 3 is 2.24 bits per heavy atom. The molecule has 0 aliphatic carbocycles. The summed E-state index contributed by atoms with van der Waals surface area (Å²) >= 11 is 0. The Balaban J connectivity index is 2.09. The second-order valence-electron chi connectivity index (χ2n) is 6.71. The molecule has 0 saturated carbocycles. The average Bonchev–Trinajstić information content (AvgIpc) is 3.14. The molecular weight excluding hydrogens is 370 g/mol. The third kappa shape index (κ3) is 4.21. The van der Waals surface area contributed by atoms with Crippen molar-refractivity contribution in [1.29, 1.82) is 0 Å². The van der Waals surface area contributed by atoms with Gasteiger partial charge < -0.3 is 23.9 Å². The fraction of sp³-hybridized carbons (Fsp3) is 0.261. The van der Waals surface area contributed by atoms with Gasteiger partial charge in [-0.2, -0.15) is 0 Å². The number of Topliss-reactive ketones (excluding diaryl/α,β-unsaturated/α-hetero) is 1. The van der Waals surface area contributed by atoms with Crippen molar-refractivity contribution in [3.8, 4) is 17.2 Å². The number of ether oxygens (including phenoxy) is 4. The standard InChI is InChI=1S/C23H25NO5/c1-14(2)29-19(12-16-13-24-18-9-7-6-8-17(16)18)22(25)15-10-20(26-3)23(28-5)21(11-15)27-4/h6-14,24H,1-5H3/b19-12-. The number of methoxy groups -OCH3 is 3. The molecule has 29 heavy (non-hydrogen) atoms. The number of hydrogen-bond acceptors (Lipinski definition) is 5. The van der Waals surface area contributed by atoms with Crippen molar-refractivity contribution in [3.05, 3.63) is 59.5 Å². The summed E-state index contributed by atoms with van der Waals surface area (Å²) in [5, 5.41) is 1.01. The Hall–Kier alpha value is -3.41. The molecule has 1 heterocycles. The van der Waals surface area contributed by atoms with Gasteiger partial charge in [0.1, 0.15) is 0 Å². The van der Waals surface area contributed by atoms with E-state index in [2.05, 4.69) is 4.98 Å². The average molecular weight is 395 g/mol. The molecule has 6 heteroatoms. The van der Waals surface area contributed by atoms with Crippen LogP contribution in [0.25, 0.3) is 17.0 Å². The van der Waals surface area contributed by atoms with Crippen LogP contribution in [0, 0.1) is 0 Å². The number of benzene rings is 2.